The SMILES string of the molecule is O=C(NCCc1cccc(F)c1)c1cc2c(cn1)[nH]c1ccccc12. The Bertz CT molecular complexity index is 1070. The fourth-order valence-corrected chi connectivity index (χ4v) is 2.98. The molecule has 2 aromatic carbocycles. The minimum Gasteiger partial charge on any atom is -0.353 e. The maximum absolute atomic E-state index is 13.2. The normalized spacial score (nSPS) is 11.1. The molecule has 0 saturated heterocycles. The second-order valence-corrected chi connectivity index (χ2v) is 5.92. The van der Waals surface area contributed by atoms with Crippen LogP contribution in [0.5, 0.6) is 0 Å². The van der Waals surface area contributed by atoms with Crippen LogP contribution < -0.4 is 5.32 Å². The van der Waals surface area contributed by atoms with E-state index in [9.17, 15) is 9.18 Å². The predicted molar refractivity (Wildman–Crippen MR) is 96.0 cm³/mol. The van der Waals surface area contributed by atoms with E-state index in [1.807, 2.05) is 30.3 Å². The maximum atomic E-state index is 13.2. The molecule has 0 fully saturated rings. The number of fused-ring (bicyclic) bond motifs is 3. The highest BCUT2D eigenvalue weighted by Gasteiger charge is 2.10. The van der Waals surface area contributed by atoms with Gasteiger partial charge in [-0.05, 0) is 36.2 Å². The van der Waals surface area contributed by atoms with Gasteiger partial charge in [0.1, 0.15) is 11.5 Å². The molecule has 0 radical (unpaired) electrons. The molecule has 2 heterocycles. The summed E-state index contributed by atoms with van der Waals surface area (Å²) in [7, 11) is 0. The van der Waals surface area contributed by atoms with E-state index in [2.05, 4.69) is 15.3 Å². The third-order valence-corrected chi connectivity index (χ3v) is 4.21. The number of halogens is 1. The van der Waals surface area contributed by atoms with E-state index < -0.39 is 0 Å². The average Bonchev–Trinajstić information content (AvgIpc) is 2.99. The number of nitrogens with zero attached hydrogens (tertiary/aromatic N) is 1. The van der Waals surface area contributed by atoms with Crippen LogP contribution in [0.2, 0.25) is 0 Å². The number of carbonyl (C=O) groups is 1. The van der Waals surface area contributed by atoms with Gasteiger partial charge >= 0.3 is 0 Å². The minimum absolute atomic E-state index is 0.233. The summed E-state index contributed by atoms with van der Waals surface area (Å²) in [5, 5.41) is 4.87. The van der Waals surface area contributed by atoms with E-state index in [0.717, 1.165) is 27.4 Å². The first-order valence-corrected chi connectivity index (χ1v) is 8.10. The molecule has 5 heteroatoms. The molecule has 0 spiro atoms. The van der Waals surface area contributed by atoms with Gasteiger partial charge in [-0.3, -0.25) is 4.79 Å². The summed E-state index contributed by atoms with van der Waals surface area (Å²) in [6, 6.07) is 16.1. The summed E-state index contributed by atoms with van der Waals surface area (Å²) in [6.45, 7) is 0.426. The first-order valence-electron chi connectivity index (χ1n) is 8.10. The highest BCUT2D eigenvalue weighted by atomic mass is 19.1. The van der Waals surface area contributed by atoms with Crippen molar-refractivity contribution >= 4 is 27.7 Å². The van der Waals surface area contributed by atoms with Crippen LogP contribution in [0.4, 0.5) is 4.39 Å². The van der Waals surface area contributed by atoms with Gasteiger partial charge in [0.05, 0.1) is 11.7 Å². The molecule has 1 amide bonds. The molecular weight excluding hydrogens is 317 g/mol. The topological polar surface area (TPSA) is 57.8 Å². The van der Waals surface area contributed by atoms with Gasteiger partial charge in [0.15, 0.2) is 0 Å². The van der Waals surface area contributed by atoms with Crippen molar-refractivity contribution in [1.29, 1.82) is 0 Å². The van der Waals surface area contributed by atoms with Crippen LogP contribution in [0.1, 0.15) is 16.1 Å². The summed E-state index contributed by atoms with van der Waals surface area (Å²) < 4.78 is 13.2. The average molecular weight is 333 g/mol. The monoisotopic (exact) mass is 333 g/mol. The maximum Gasteiger partial charge on any atom is 0.269 e. The molecule has 0 atom stereocenters. The fraction of sp³-hybridized carbons (Fsp3) is 0.100. The molecule has 25 heavy (non-hydrogen) atoms. The Hall–Kier alpha value is -3.21. The number of pyridine rings is 1. The number of rotatable bonds is 4. The van der Waals surface area contributed by atoms with Gasteiger partial charge in [-0.2, -0.15) is 0 Å². The number of aromatic amines is 1. The van der Waals surface area contributed by atoms with E-state index >= 15 is 0 Å². The van der Waals surface area contributed by atoms with Gasteiger partial charge in [-0.25, -0.2) is 9.37 Å². The Labute approximate surface area is 143 Å². The van der Waals surface area contributed by atoms with Gasteiger partial charge in [-0.15, -0.1) is 0 Å². The number of para-hydroxylation sites is 1. The van der Waals surface area contributed by atoms with E-state index in [0.29, 0.717) is 18.7 Å². The van der Waals surface area contributed by atoms with Crippen molar-refractivity contribution in [2.75, 3.05) is 6.54 Å². The molecule has 0 bridgehead atoms. The van der Waals surface area contributed by atoms with Crippen molar-refractivity contribution in [2.45, 2.75) is 6.42 Å². The van der Waals surface area contributed by atoms with E-state index in [1.54, 1.807) is 18.3 Å². The highest BCUT2D eigenvalue weighted by Crippen LogP contribution is 2.24. The first-order chi connectivity index (χ1) is 12.2. The summed E-state index contributed by atoms with van der Waals surface area (Å²) >= 11 is 0. The minimum atomic E-state index is -0.268. The Morgan fingerprint density at radius 3 is 2.80 bits per heavy atom. The van der Waals surface area contributed by atoms with Crippen LogP contribution >= 0.6 is 0 Å². The molecule has 4 aromatic rings. The molecule has 124 valence electrons. The first kappa shape index (κ1) is 15.3. The Morgan fingerprint density at radius 2 is 1.92 bits per heavy atom. The van der Waals surface area contributed by atoms with Crippen LogP contribution in [-0.4, -0.2) is 22.4 Å². The summed E-state index contributed by atoms with van der Waals surface area (Å²) in [6.07, 6.45) is 2.25. The van der Waals surface area contributed by atoms with E-state index in [-0.39, 0.29) is 11.7 Å². The highest BCUT2D eigenvalue weighted by molar-refractivity contribution is 6.09. The van der Waals surface area contributed by atoms with E-state index in [4.69, 9.17) is 0 Å². The Morgan fingerprint density at radius 1 is 1.04 bits per heavy atom. The molecule has 4 nitrogen and oxygen atoms in total. The largest absolute Gasteiger partial charge is 0.353 e. The van der Waals surface area contributed by atoms with E-state index in [1.165, 1.54) is 12.1 Å². The Balaban J connectivity index is 1.50. The zero-order valence-electron chi connectivity index (χ0n) is 13.4. The molecule has 0 saturated carbocycles. The number of H-pyrrole nitrogens is 1. The van der Waals surface area contributed by atoms with Gasteiger partial charge in [-0.1, -0.05) is 30.3 Å². The molecule has 2 N–H and O–H groups in total. The number of carbonyl (C=O) groups excluding carboxylic acids is 1. The van der Waals surface area contributed by atoms with Crippen molar-refractivity contribution in [2.24, 2.45) is 0 Å². The smallest absolute Gasteiger partial charge is 0.269 e. The van der Waals surface area contributed by atoms with Gasteiger partial charge < -0.3 is 10.3 Å². The lowest BCUT2D eigenvalue weighted by Gasteiger charge is -2.05. The number of amides is 1. The van der Waals surface area contributed by atoms with Gasteiger partial charge in [0, 0.05) is 22.8 Å². The predicted octanol–water partition coefficient (Wildman–Crippen LogP) is 3.83. The summed E-state index contributed by atoms with van der Waals surface area (Å²) in [5.74, 6) is -0.501. The summed E-state index contributed by atoms with van der Waals surface area (Å²) in [5.41, 5.74) is 3.14. The molecule has 0 aliphatic carbocycles. The molecule has 2 aromatic heterocycles. The third kappa shape index (κ3) is 3.08. The lowest BCUT2D eigenvalue weighted by atomic mass is 10.1. The Kier molecular flexibility index (Phi) is 3.90. The van der Waals surface area contributed by atoms with Crippen molar-refractivity contribution in [3.8, 4) is 0 Å². The quantitative estimate of drug-likeness (QED) is 0.596. The van der Waals surface area contributed by atoms with Gasteiger partial charge in [0.25, 0.3) is 5.91 Å². The van der Waals surface area contributed by atoms with Gasteiger partial charge in [0.2, 0.25) is 0 Å². The lowest BCUT2D eigenvalue weighted by Crippen LogP contribution is -2.26. The number of hydrogen-bond acceptors (Lipinski definition) is 2. The summed E-state index contributed by atoms with van der Waals surface area (Å²) in [4.78, 5) is 19.9. The number of hydrogen-bond donors (Lipinski definition) is 2. The van der Waals surface area contributed by atoms with Crippen LogP contribution in [0.3, 0.4) is 0 Å². The third-order valence-electron chi connectivity index (χ3n) is 4.21. The zero-order valence-corrected chi connectivity index (χ0v) is 13.4. The molecule has 4 rings (SSSR count). The molecule has 0 aliphatic heterocycles. The zero-order chi connectivity index (χ0) is 17.2. The van der Waals surface area contributed by atoms with Crippen LogP contribution in [0.25, 0.3) is 21.8 Å². The van der Waals surface area contributed by atoms with Crippen molar-refractivity contribution in [3.05, 3.63) is 77.9 Å². The number of benzene rings is 2. The molecular formula is C20H16FN3O. The fourth-order valence-electron chi connectivity index (χ4n) is 2.98. The van der Waals surface area contributed by atoms with Crippen molar-refractivity contribution in [1.82, 2.24) is 15.3 Å². The number of nitrogens with one attached hydrogen (secondary N) is 2. The second-order valence-electron chi connectivity index (χ2n) is 5.92. The van der Waals surface area contributed by atoms with Crippen LogP contribution in [-0.2, 0) is 6.42 Å². The van der Waals surface area contributed by atoms with Crippen LogP contribution in [0, 0.1) is 5.82 Å². The molecule has 0 unspecified atom stereocenters. The lowest BCUT2D eigenvalue weighted by molar-refractivity contribution is 0.0949. The standard InChI is InChI=1S/C20H16FN3O/c21-14-5-3-4-13(10-14)8-9-22-20(25)18-11-16-15-6-1-2-7-17(15)24-19(16)12-23-18/h1-7,10-12,24H,8-9H2,(H,22,25). The van der Waals surface area contributed by atoms with Crippen molar-refractivity contribution in [3.63, 3.8) is 0 Å². The number of aromatic nitrogens is 2. The van der Waals surface area contributed by atoms with Crippen LogP contribution in [0.15, 0.2) is 60.8 Å². The second kappa shape index (κ2) is 6.36. The molecule has 0 aliphatic rings. The van der Waals surface area contributed by atoms with Crippen molar-refractivity contribution < 1.29 is 9.18 Å².